The van der Waals surface area contributed by atoms with Crippen LogP contribution in [0.5, 0.6) is 0 Å². The molecule has 8 aromatic rings. The van der Waals surface area contributed by atoms with Crippen LogP contribution < -0.4 is 4.90 Å². The van der Waals surface area contributed by atoms with Crippen LogP contribution in [-0.2, 0) is 18.3 Å². The molecule has 0 saturated heterocycles. The maximum atomic E-state index is 4.15. The topological polar surface area (TPSA) is 8.17 Å². The van der Waals surface area contributed by atoms with Crippen LogP contribution in [0.3, 0.4) is 0 Å². The van der Waals surface area contributed by atoms with Gasteiger partial charge in [0.2, 0.25) is 0 Å². The average Bonchev–Trinajstić information content (AvgIpc) is 3.86. The van der Waals surface area contributed by atoms with Crippen LogP contribution in [0.4, 0.5) is 17.1 Å². The van der Waals surface area contributed by atoms with E-state index in [2.05, 4.69) is 225 Å². The van der Waals surface area contributed by atoms with Crippen molar-refractivity contribution in [2.45, 2.75) is 77.0 Å². The van der Waals surface area contributed by atoms with Gasteiger partial charge >= 0.3 is 0 Å². The predicted molar refractivity (Wildman–Crippen MR) is 282 cm³/mol. The normalized spacial score (nSPS) is 15.6. The second kappa shape index (κ2) is 17.3. The van der Waals surface area contributed by atoms with Gasteiger partial charge in [0.25, 0.3) is 0 Å². The highest BCUT2D eigenvalue weighted by Gasteiger charge is 2.48. The summed E-state index contributed by atoms with van der Waals surface area (Å²) in [4.78, 5) is 2.46. The Labute approximate surface area is 391 Å². The van der Waals surface area contributed by atoms with Crippen LogP contribution in [0.1, 0.15) is 115 Å². The minimum Gasteiger partial charge on any atom is -0.310 e. The number of unbranched alkanes of at least 4 members (excludes halogenated alkanes) is 1. The Kier molecular flexibility index (Phi) is 10.9. The van der Waals surface area contributed by atoms with Crippen molar-refractivity contribution in [2.24, 2.45) is 0 Å². The summed E-state index contributed by atoms with van der Waals surface area (Å²) < 4.78 is 2.62. The molecule has 0 N–H and O–H groups in total. The fourth-order valence-corrected chi connectivity index (χ4v) is 11.6. The Morgan fingerprint density at radius 1 is 0.727 bits per heavy atom. The van der Waals surface area contributed by atoms with Gasteiger partial charge in [-0.1, -0.05) is 173 Å². The Bertz CT molecular complexity index is 3150. The molecule has 0 amide bonds. The van der Waals surface area contributed by atoms with E-state index in [0.29, 0.717) is 5.92 Å². The molecule has 0 radical (unpaired) electrons. The van der Waals surface area contributed by atoms with Crippen LogP contribution >= 0.6 is 0 Å². The second-order valence-corrected chi connectivity index (χ2v) is 18.5. The number of benzene rings is 7. The number of aromatic nitrogens is 1. The first-order valence-electron chi connectivity index (χ1n) is 24.3. The molecule has 1 aromatic heterocycles. The molecule has 0 saturated carbocycles. The summed E-state index contributed by atoms with van der Waals surface area (Å²) in [5.74, 6) is 0.341. The van der Waals surface area contributed by atoms with Gasteiger partial charge in [0.1, 0.15) is 0 Å². The summed E-state index contributed by atoms with van der Waals surface area (Å²) in [7, 11) is 0. The molecule has 2 heteroatoms. The molecule has 0 aliphatic heterocycles. The van der Waals surface area contributed by atoms with Crippen molar-refractivity contribution in [3.63, 3.8) is 0 Å². The Morgan fingerprint density at radius 3 is 2.11 bits per heavy atom. The first-order valence-corrected chi connectivity index (χ1v) is 24.3. The lowest BCUT2D eigenvalue weighted by Crippen LogP contribution is -2.29. The SMILES string of the molecule is C=C/C(=C\CC)c1ccc(N(c2ccc(CCCC)cc2)c2ccc3c(c2)C(c2ccccc2)(c2ccccc2)c2cc(-n4c5c(c6ccccc64)CCC=C5)c4c(c2-3)C=CCC4C)cc1. The van der Waals surface area contributed by atoms with E-state index in [1.807, 2.05) is 6.08 Å². The van der Waals surface area contributed by atoms with Gasteiger partial charge in [-0.15, -0.1) is 0 Å². The van der Waals surface area contributed by atoms with E-state index >= 15 is 0 Å². The lowest BCUT2D eigenvalue weighted by molar-refractivity contribution is 0.748. The minimum absolute atomic E-state index is 0.341. The molecule has 1 heterocycles. The number of nitrogens with zero attached hydrogens (tertiary/aromatic N) is 2. The van der Waals surface area contributed by atoms with Crippen LogP contribution in [0.25, 0.3) is 45.4 Å². The highest BCUT2D eigenvalue weighted by molar-refractivity contribution is 5.98. The molecule has 3 aliphatic rings. The molecule has 7 aromatic carbocycles. The molecule has 324 valence electrons. The van der Waals surface area contributed by atoms with Crippen LogP contribution in [0.15, 0.2) is 189 Å². The highest BCUT2D eigenvalue weighted by atomic mass is 15.1. The molecule has 1 unspecified atom stereocenters. The number of fused-ring (bicyclic) bond motifs is 8. The maximum absolute atomic E-state index is 4.15. The Morgan fingerprint density at radius 2 is 1.41 bits per heavy atom. The van der Waals surface area contributed by atoms with Gasteiger partial charge in [-0.2, -0.15) is 0 Å². The van der Waals surface area contributed by atoms with E-state index in [4.69, 9.17) is 0 Å². The van der Waals surface area contributed by atoms with E-state index in [9.17, 15) is 0 Å². The summed E-state index contributed by atoms with van der Waals surface area (Å²) in [6, 6.07) is 60.1. The third kappa shape index (κ3) is 6.68. The Hall–Kier alpha value is -7.16. The third-order valence-electron chi connectivity index (χ3n) is 14.6. The number of hydrogen-bond donors (Lipinski definition) is 0. The summed E-state index contributed by atoms with van der Waals surface area (Å²) >= 11 is 0. The van der Waals surface area contributed by atoms with E-state index in [1.165, 1.54) is 96.3 Å². The molecule has 0 fully saturated rings. The van der Waals surface area contributed by atoms with Gasteiger partial charge in [0.15, 0.2) is 0 Å². The predicted octanol–water partition coefficient (Wildman–Crippen LogP) is 17.3. The molecular weight excluding hydrogens is 797 g/mol. The van der Waals surface area contributed by atoms with Crippen molar-refractivity contribution in [2.75, 3.05) is 4.90 Å². The van der Waals surface area contributed by atoms with Crippen molar-refractivity contribution < 1.29 is 0 Å². The fourth-order valence-electron chi connectivity index (χ4n) is 11.6. The van der Waals surface area contributed by atoms with Crippen molar-refractivity contribution in [3.05, 3.63) is 244 Å². The van der Waals surface area contributed by atoms with Gasteiger partial charge in [-0.3, -0.25) is 0 Å². The molecule has 1 atom stereocenters. The summed E-state index contributed by atoms with van der Waals surface area (Å²) in [5.41, 5.74) is 22.5. The number of anilines is 3. The zero-order valence-corrected chi connectivity index (χ0v) is 38.6. The molecule has 0 bridgehead atoms. The quantitative estimate of drug-likeness (QED) is 0.111. The summed E-state index contributed by atoms with van der Waals surface area (Å²) in [5, 5.41) is 1.36. The van der Waals surface area contributed by atoms with E-state index in [-0.39, 0.29) is 0 Å². The van der Waals surface area contributed by atoms with Gasteiger partial charge in [0.05, 0.1) is 16.6 Å². The minimum atomic E-state index is -0.621. The van der Waals surface area contributed by atoms with E-state index in [1.54, 1.807) is 0 Å². The zero-order chi connectivity index (χ0) is 44.8. The first-order chi connectivity index (χ1) is 32.5. The number of hydrogen-bond acceptors (Lipinski definition) is 1. The molecule has 2 nitrogen and oxygen atoms in total. The fraction of sp³-hybridized carbons (Fsp3) is 0.188. The molecular formula is C64H58N2. The van der Waals surface area contributed by atoms with Crippen LogP contribution in [0, 0.1) is 0 Å². The third-order valence-corrected chi connectivity index (χ3v) is 14.6. The standard InChI is InChI=1S/C64H58N2/c1-5-8-22-45-32-36-50(37-33-45)65(51-38-34-47(35-39-51)46(7-3)20-6-2)52-40-41-55-57(42-52)64(48-23-11-9-12-24-48,49-25-13-10-14-26-49)58-43-61(62-44(4)21-19-29-56(62)63(55)58)66-59-30-17-15-27-53(59)54-28-16-18-31-60(54)66/h7,9-15,17-20,23-27,29-44H,3,5-6,8,16,21-22,28H2,1-2,4H3/b46-20+. The van der Waals surface area contributed by atoms with Crippen molar-refractivity contribution in [3.8, 4) is 16.8 Å². The van der Waals surface area contributed by atoms with E-state index in [0.717, 1.165) is 54.7 Å². The first kappa shape index (κ1) is 41.5. The van der Waals surface area contributed by atoms with Crippen LogP contribution in [0.2, 0.25) is 0 Å². The number of aryl methyl sites for hydroxylation is 2. The van der Waals surface area contributed by atoms with Crippen molar-refractivity contribution in [1.82, 2.24) is 4.57 Å². The van der Waals surface area contributed by atoms with Crippen molar-refractivity contribution in [1.29, 1.82) is 0 Å². The Balaban J connectivity index is 1.21. The lowest BCUT2D eigenvalue weighted by atomic mass is 9.67. The molecule has 66 heavy (non-hydrogen) atoms. The monoisotopic (exact) mass is 854 g/mol. The summed E-state index contributed by atoms with van der Waals surface area (Å²) in [6.07, 6.45) is 21.4. The zero-order valence-electron chi connectivity index (χ0n) is 38.6. The second-order valence-electron chi connectivity index (χ2n) is 18.5. The molecule has 11 rings (SSSR count). The average molecular weight is 855 g/mol. The highest BCUT2D eigenvalue weighted by Crippen LogP contribution is 2.60. The summed E-state index contributed by atoms with van der Waals surface area (Å²) in [6.45, 7) is 11.0. The van der Waals surface area contributed by atoms with Gasteiger partial charge < -0.3 is 9.47 Å². The maximum Gasteiger partial charge on any atom is 0.0715 e. The van der Waals surface area contributed by atoms with Gasteiger partial charge in [0, 0.05) is 28.1 Å². The number of allylic oxidation sites excluding steroid dienone is 5. The molecule has 0 spiro atoms. The lowest BCUT2D eigenvalue weighted by Gasteiger charge is -2.36. The smallest absolute Gasteiger partial charge is 0.0715 e. The molecule has 3 aliphatic carbocycles. The van der Waals surface area contributed by atoms with Gasteiger partial charge in [-0.25, -0.2) is 0 Å². The van der Waals surface area contributed by atoms with Gasteiger partial charge in [-0.05, 0) is 166 Å². The number of rotatable bonds is 12. The van der Waals surface area contributed by atoms with Crippen molar-refractivity contribution >= 4 is 45.7 Å². The number of para-hydroxylation sites is 1. The van der Waals surface area contributed by atoms with Crippen LogP contribution in [-0.4, -0.2) is 4.57 Å². The van der Waals surface area contributed by atoms with E-state index < -0.39 is 5.41 Å². The largest absolute Gasteiger partial charge is 0.310 e.